The Morgan fingerprint density at radius 2 is 1.89 bits per heavy atom. The van der Waals surface area contributed by atoms with Crippen molar-refractivity contribution < 1.29 is 24.2 Å². The van der Waals surface area contributed by atoms with E-state index >= 15 is 0 Å². The molecule has 2 N–H and O–H groups in total. The highest BCUT2D eigenvalue weighted by Crippen LogP contribution is 2.47. The summed E-state index contributed by atoms with van der Waals surface area (Å²) in [5.74, 6) is -3.61. The molecule has 102 valence electrons. The van der Waals surface area contributed by atoms with Gasteiger partial charge < -0.3 is 19.9 Å². The van der Waals surface area contributed by atoms with E-state index in [-0.39, 0.29) is 0 Å². The minimum atomic E-state index is -1.94. The first-order valence-electron chi connectivity index (χ1n) is 5.68. The van der Waals surface area contributed by atoms with Crippen molar-refractivity contribution in [1.82, 2.24) is 0 Å². The summed E-state index contributed by atoms with van der Waals surface area (Å²) in [6, 6.07) is 6.61. The second-order valence-electron chi connectivity index (χ2n) is 4.41. The van der Waals surface area contributed by atoms with Gasteiger partial charge in [0.2, 0.25) is 5.41 Å². The summed E-state index contributed by atoms with van der Waals surface area (Å²) in [7, 11) is 2.62. The van der Waals surface area contributed by atoms with Crippen molar-refractivity contribution >= 4 is 17.6 Å². The number of ether oxygens (including phenoxy) is 2. The molecule has 0 aliphatic carbocycles. The van der Waals surface area contributed by atoms with Gasteiger partial charge in [0.1, 0.15) is 0 Å². The van der Waals surface area contributed by atoms with Crippen LogP contribution in [0.3, 0.4) is 0 Å². The fourth-order valence-electron chi connectivity index (χ4n) is 2.50. The standard InChI is InChI=1S/C13H15NO5/c1-12(18-2,19-3)13(11(16)17)8-6-4-5-7-9(8)14-10(13)15/h4-7H,1-3H3,(H,14,15)(H,16,17). The highest BCUT2D eigenvalue weighted by molar-refractivity contribution is 6.19. The molecule has 0 saturated carbocycles. The van der Waals surface area contributed by atoms with E-state index in [9.17, 15) is 14.7 Å². The molecule has 19 heavy (non-hydrogen) atoms. The maximum Gasteiger partial charge on any atom is 0.329 e. The zero-order valence-electron chi connectivity index (χ0n) is 10.9. The molecule has 1 unspecified atom stereocenters. The highest BCUT2D eigenvalue weighted by atomic mass is 16.7. The van der Waals surface area contributed by atoms with Crippen LogP contribution in [0.2, 0.25) is 0 Å². The minimum Gasteiger partial charge on any atom is -0.480 e. The summed E-state index contributed by atoms with van der Waals surface area (Å²) in [5, 5.41) is 12.2. The monoisotopic (exact) mass is 265 g/mol. The summed E-state index contributed by atoms with van der Waals surface area (Å²) in [4.78, 5) is 24.1. The highest BCUT2D eigenvalue weighted by Gasteiger charge is 2.66. The number of aliphatic carboxylic acids is 1. The van der Waals surface area contributed by atoms with Crippen molar-refractivity contribution in [3.05, 3.63) is 29.8 Å². The molecule has 6 nitrogen and oxygen atoms in total. The van der Waals surface area contributed by atoms with Gasteiger partial charge in [-0.3, -0.25) is 9.59 Å². The first-order valence-corrected chi connectivity index (χ1v) is 5.68. The number of carboxylic acids is 1. The smallest absolute Gasteiger partial charge is 0.329 e. The SMILES string of the molecule is COC(C)(OC)C1(C(=O)O)C(=O)Nc2ccccc21. The molecule has 0 bridgehead atoms. The molecule has 1 aliphatic rings. The van der Waals surface area contributed by atoms with Gasteiger partial charge >= 0.3 is 5.97 Å². The Balaban J connectivity index is 2.78. The van der Waals surface area contributed by atoms with Gasteiger partial charge in [0.25, 0.3) is 5.91 Å². The molecule has 0 fully saturated rings. The van der Waals surface area contributed by atoms with Gasteiger partial charge in [0, 0.05) is 25.5 Å². The number of carbonyl (C=O) groups excluding carboxylic acids is 1. The molecular formula is C13H15NO5. The van der Waals surface area contributed by atoms with Crippen LogP contribution in [0.15, 0.2) is 24.3 Å². The summed E-state index contributed by atoms with van der Waals surface area (Å²) >= 11 is 0. The predicted molar refractivity (Wildman–Crippen MR) is 66.8 cm³/mol. The fraction of sp³-hybridized carbons (Fsp3) is 0.385. The average molecular weight is 265 g/mol. The zero-order chi connectivity index (χ0) is 14.3. The second-order valence-corrected chi connectivity index (χ2v) is 4.41. The van der Waals surface area contributed by atoms with Crippen LogP contribution in [0.5, 0.6) is 0 Å². The van der Waals surface area contributed by atoms with E-state index in [1.54, 1.807) is 24.3 Å². The number of para-hydroxylation sites is 1. The number of amides is 1. The van der Waals surface area contributed by atoms with Gasteiger partial charge in [-0.15, -0.1) is 0 Å². The summed E-state index contributed by atoms with van der Waals surface area (Å²) in [6.07, 6.45) is 0. The number of methoxy groups -OCH3 is 2. The molecule has 0 spiro atoms. The molecule has 0 aromatic heterocycles. The molecule has 6 heteroatoms. The molecular weight excluding hydrogens is 250 g/mol. The third kappa shape index (κ3) is 1.50. The van der Waals surface area contributed by atoms with Gasteiger partial charge in [-0.2, -0.15) is 0 Å². The number of fused-ring (bicyclic) bond motifs is 1. The molecule has 0 radical (unpaired) electrons. The van der Waals surface area contributed by atoms with Gasteiger partial charge in [0.05, 0.1) is 0 Å². The lowest BCUT2D eigenvalue weighted by molar-refractivity contribution is -0.236. The largest absolute Gasteiger partial charge is 0.480 e. The Hall–Kier alpha value is -1.92. The van der Waals surface area contributed by atoms with Gasteiger partial charge in [-0.1, -0.05) is 18.2 Å². The Morgan fingerprint density at radius 3 is 2.42 bits per heavy atom. The predicted octanol–water partition coefficient (Wildman–Crippen LogP) is 0.970. The first-order chi connectivity index (χ1) is 8.94. The van der Waals surface area contributed by atoms with Crippen LogP contribution in [0.4, 0.5) is 5.69 Å². The van der Waals surface area contributed by atoms with Crippen molar-refractivity contribution in [2.45, 2.75) is 18.1 Å². The van der Waals surface area contributed by atoms with E-state index in [1.807, 2.05) is 0 Å². The first kappa shape index (κ1) is 13.5. The maximum absolute atomic E-state index is 12.3. The van der Waals surface area contributed by atoms with Crippen LogP contribution >= 0.6 is 0 Å². The number of nitrogens with one attached hydrogen (secondary N) is 1. The summed E-state index contributed by atoms with van der Waals surface area (Å²) in [5.41, 5.74) is -1.15. The normalized spacial score (nSPS) is 21.9. The number of anilines is 1. The molecule has 2 rings (SSSR count). The van der Waals surface area contributed by atoms with E-state index in [1.165, 1.54) is 21.1 Å². The summed E-state index contributed by atoms with van der Waals surface area (Å²) < 4.78 is 10.4. The lowest BCUT2D eigenvalue weighted by Gasteiger charge is -2.39. The maximum atomic E-state index is 12.3. The Labute approximate surface area is 110 Å². The van der Waals surface area contributed by atoms with Crippen molar-refractivity contribution in [2.75, 3.05) is 19.5 Å². The number of benzene rings is 1. The van der Waals surface area contributed by atoms with Crippen LogP contribution < -0.4 is 5.32 Å². The van der Waals surface area contributed by atoms with Crippen molar-refractivity contribution in [2.24, 2.45) is 0 Å². The van der Waals surface area contributed by atoms with Crippen LogP contribution in [0.1, 0.15) is 12.5 Å². The van der Waals surface area contributed by atoms with Gasteiger partial charge in [-0.05, 0) is 13.0 Å². The van der Waals surface area contributed by atoms with E-state index in [0.29, 0.717) is 11.3 Å². The van der Waals surface area contributed by atoms with Gasteiger partial charge in [-0.25, -0.2) is 0 Å². The van der Waals surface area contributed by atoms with E-state index in [4.69, 9.17) is 9.47 Å². The second kappa shape index (κ2) is 4.32. The van der Waals surface area contributed by atoms with Crippen LogP contribution in [-0.2, 0) is 24.5 Å². The quantitative estimate of drug-likeness (QED) is 0.626. The number of hydrogen-bond acceptors (Lipinski definition) is 4. The molecule has 1 atom stereocenters. The van der Waals surface area contributed by atoms with E-state index in [2.05, 4.69) is 5.32 Å². The summed E-state index contributed by atoms with van der Waals surface area (Å²) in [6.45, 7) is 1.43. The molecule has 1 aromatic rings. The number of carboxylic acid groups (broad SMARTS) is 1. The van der Waals surface area contributed by atoms with Crippen LogP contribution in [0.25, 0.3) is 0 Å². The molecule has 0 saturated heterocycles. The number of hydrogen-bond donors (Lipinski definition) is 2. The minimum absolute atomic E-state index is 0.332. The lowest BCUT2D eigenvalue weighted by atomic mass is 9.74. The molecule has 1 heterocycles. The molecule has 1 amide bonds. The number of rotatable bonds is 4. The van der Waals surface area contributed by atoms with E-state index in [0.717, 1.165) is 0 Å². The molecule has 1 aromatic carbocycles. The Bertz CT molecular complexity index is 538. The lowest BCUT2D eigenvalue weighted by Crippen LogP contribution is -2.61. The van der Waals surface area contributed by atoms with E-state index < -0.39 is 23.1 Å². The number of carbonyl (C=O) groups is 2. The third-order valence-electron chi connectivity index (χ3n) is 3.70. The van der Waals surface area contributed by atoms with Crippen molar-refractivity contribution in [3.63, 3.8) is 0 Å². The van der Waals surface area contributed by atoms with Crippen molar-refractivity contribution in [3.8, 4) is 0 Å². The topological polar surface area (TPSA) is 84.9 Å². The fourth-order valence-corrected chi connectivity index (χ4v) is 2.50. The van der Waals surface area contributed by atoms with Crippen LogP contribution in [-0.4, -0.2) is 37.0 Å². The Kier molecular flexibility index (Phi) is 3.07. The Morgan fingerprint density at radius 1 is 1.32 bits per heavy atom. The zero-order valence-corrected chi connectivity index (χ0v) is 10.9. The molecule has 1 aliphatic heterocycles. The van der Waals surface area contributed by atoms with Crippen molar-refractivity contribution in [1.29, 1.82) is 0 Å². The van der Waals surface area contributed by atoms with Crippen LogP contribution in [0, 0.1) is 0 Å². The average Bonchev–Trinajstić information content (AvgIpc) is 2.71. The van der Waals surface area contributed by atoms with Gasteiger partial charge in [0.15, 0.2) is 5.79 Å². The third-order valence-corrected chi connectivity index (χ3v) is 3.70.